The molecule has 1 aromatic heterocycles. The monoisotopic (exact) mass is 373 g/mol. The van der Waals surface area contributed by atoms with Crippen molar-refractivity contribution in [1.29, 1.82) is 0 Å². The van der Waals surface area contributed by atoms with Gasteiger partial charge in [0.1, 0.15) is 10.4 Å². The minimum Gasteiger partial charge on any atom is -0.287 e. The number of para-hydroxylation sites is 1. The van der Waals surface area contributed by atoms with Gasteiger partial charge in [0, 0.05) is 6.42 Å². The Balaban J connectivity index is 2.15. The van der Waals surface area contributed by atoms with Gasteiger partial charge in [-0.25, -0.2) is 4.98 Å². The van der Waals surface area contributed by atoms with E-state index < -0.39 is 5.41 Å². The molecular formula is C18H15NO2S3. The topological polar surface area (TPSA) is 47.0 Å². The Morgan fingerprint density at radius 1 is 1.00 bits per heavy atom. The third-order valence-corrected chi connectivity index (χ3v) is 5.74. The van der Waals surface area contributed by atoms with Gasteiger partial charge in [-0.3, -0.25) is 9.59 Å². The van der Waals surface area contributed by atoms with E-state index in [9.17, 15) is 9.59 Å². The number of thiazole rings is 1. The number of carbonyl (C=O) groups excluding carboxylic acids is 2. The van der Waals surface area contributed by atoms with Crippen LogP contribution in [-0.2, 0) is 21.4 Å². The molecular weight excluding hydrogens is 358 g/mol. The van der Waals surface area contributed by atoms with Crippen molar-refractivity contribution in [2.24, 2.45) is 0 Å². The van der Waals surface area contributed by atoms with E-state index in [1.807, 2.05) is 54.6 Å². The number of hydrogen-bond donors (Lipinski definition) is 2. The molecule has 0 spiro atoms. The maximum atomic E-state index is 12.5. The van der Waals surface area contributed by atoms with E-state index >= 15 is 0 Å². The molecule has 1 heterocycles. The molecule has 122 valence electrons. The summed E-state index contributed by atoms with van der Waals surface area (Å²) in [5, 5.41) is -0.115. The zero-order valence-electron chi connectivity index (χ0n) is 12.7. The third-order valence-electron chi connectivity index (χ3n) is 3.91. The highest BCUT2D eigenvalue weighted by molar-refractivity contribution is 7.97. The molecule has 1 unspecified atom stereocenters. The summed E-state index contributed by atoms with van der Waals surface area (Å²) < 4.78 is 0.978. The summed E-state index contributed by atoms with van der Waals surface area (Å²) in [6, 6.07) is 17.3. The largest absolute Gasteiger partial charge is 0.287 e. The van der Waals surface area contributed by atoms with Crippen molar-refractivity contribution in [3.63, 3.8) is 0 Å². The van der Waals surface area contributed by atoms with Crippen LogP contribution >= 0.6 is 36.6 Å². The number of carbonyl (C=O) groups is 2. The van der Waals surface area contributed by atoms with Crippen molar-refractivity contribution >= 4 is 57.0 Å². The fourth-order valence-corrected chi connectivity index (χ4v) is 4.49. The predicted octanol–water partition coefficient (Wildman–Crippen LogP) is 4.08. The lowest BCUT2D eigenvalue weighted by Gasteiger charge is -2.27. The molecule has 0 saturated heterocycles. The summed E-state index contributed by atoms with van der Waals surface area (Å²) in [5.41, 5.74) is 0.664. The number of fused-ring (bicyclic) bond motifs is 1. The minimum absolute atomic E-state index is 0.0346. The highest BCUT2D eigenvalue weighted by Crippen LogP contribution is 2.39. The zero-order valence-corrected chi connectivity index (χ0v) is 15.3. The Labute approximate surface area is 154 Å². The Morgan fingerprint density at radius 2 is 1.67 bits per heavy atom. The Morgan fingerprint density at radius 3 is 2.29 bits per heavy atom. The number of nitrogens with zero attached hydrogens (tertiary/aromatic N) is 1. The summed E-state index contributed by atoms with van der Waals surface area (Å²) in [4.78, 5) is 28.9. The molecule has 2 aromatic carbocycles. The van der Waals surface area contributed by atoms with E-state index in [0.29, 0.717) is 11.4 Å². The number of aromatic nitrogens is 1. The lowest BCUT2D eigenvalue weighted by atomic mass is 9.80. The second-order valence-corrected chi connectivity index (χ2v) is 7.54. The molecule has 3 nitrogen and oxygen atoms in total. The number of rotatable bonds is 6. The molecule has 0 N–H and O–H groups in total. The fraction of sp³-hybridized carbons (Fsp3) is 0.167. The number of benzene rings is 2. The lowest BCUT2D eigenvalue weighted by Crippen LogP contribution is -2.37. The maximum absolute atomic E-state index is 12.5. The molecule has 3 aromatic rings. The van der Waals surface area contributed by atoms with Crippen LogP contribution in [-0.4, -0.2) is 15.2 Å². The van der Waals surface area contributed by atoms with E-state index in [0.717, 1.165) is 15.8 Å². The van der Waals surface area contributed by atoms with Crippen LogP contribution in [0, 0.1) is 0 Å². The Kier molecular flexibility index (Phi) is 5.08. The van der Waals surface area contributed by atoms with Crippen LogP contribution in [0.5, 0.6) is 0 Å². The van der Waals surface area contributed by atoms with Crippen molar-refractivity contribution < 1.29 is 9.59 Å². The molecule has 3 rings (SSSR count). The summed E-state index contributed by atoms with van der Waals surface area (Å²) in [7, 11) is 0. The molecule has 0 aliphatic rings. The van der Waals surface area contributed by atoms with E-state index in [1.165, 1.54) is 11.3 Å². The fourth-order valence-electron chi connectivity index (χ4n) is 2.74. The standard InChI is InChI=1S/C18H15NO2S3/c20-15(22)11-18(17(21)23,10-12-6-2-1-3-7-12)16-19-13-8-4-5-9-14(13)24-16/h1-9H,10-11H2,(H,20,22)(H,21,23). The first-order valence-electron chi connectivity index (χ1n) is 7.36. The van der Waals surface area contributed by atoms with Crippen molar-refractivity contribution in [1.82, 2.24) is 4.98 Å². The van der Waals surface area contributed by atoms with Gasteiger partial charge < -0.3 is 0 Å². The van der Waals surface area contributed by atoms with Crippen LogP contribution in [0.1, 0.15) is 17.0 Å². The van der Waals surface area contributed by atoms with Gasteiger partial charge in [0.25, 0.3) is 0 Å². The SMILES string of the molecule is O=C(S)CC(Cc1ccccc1)(C(=O)S)c1nc2ccccc2s1. The quantitative estimate of drug-likeness (QED) is 0.640. The molecule has 1 atom stereocenters. The molecule has 0 saturated carbocycles. The van der Waals surface area contributed by atoms with Crippen LogP contribution in [0.4, 0.5) is 0 Å². The molecule has 0 fully saturated rings. The molecule has 0 aliphatic heterocycles. The summed E-state index contributed by atoms with van der Waals surface area (Å²) in [6.07, 6.45) is 0.329. The van der Waals surface area contributed by atoms with Gasteiger partial charge in [-0.15, -0.1) is 36.6 Å². The molecule has 0 radical (unpaired) electrons. The van der Waals surface area contributed by atoms with E-state index in [2.05, 4.69) is 30.2 Å². The minimum atomic E-state index is -1.10. The van der Waals surface area contributed by atoms with Crippen LogP contribution in [0.25, 0.3) is 10.2 Å². The van der Waals surface area contributed by atoms with E-state index in [1.54, 1.807) is 0 Å². The van der Waals surface area contributed by atoms with Crippen molar-refractivity contribution in [3.05, 3.63) is 65.2 Å². The van der Waals surface area contributed by atoms with Crippen LogP contribution in [0.3, 0.4) is 0 Å². The second-order valence-electron chi connectivity index (χ2n) is 5.61. The van der Waals surface area contributed by atoms with Crippen molar-refractivity contribution in [2.75, 3.05) is 0 Å². The van der Waals surface area contributed by atoms with Gasteiger partial charge in [-0.1, -0.05) is 42.5 Å². The highest BCUT2D eigenvalue weighted by Gasteiger charge is 2.42. The molecule has 6 heteroatoms. The smallest absolute Gasteiger partial charge is 0.199 e. The molecule has 0 aliphatic carbocycles. The normalized spacial score (nSPS) is 13.6. The first-order chi connectivity index (χ1) is 11.5. The number of thiol groups is 2. The van der Waals surface area contributed by atoms with E-state index in [-0.39, 0.29) is 16.7 Å². The van der Waals surface area contributed by atoms with Crippen LogP contribution < -0.4 is 0 Å². The molecule has 24 heavy (non-hydrogen) atoms. The first kappa shape index (κ1) is 17.2. The zero-order chi connectivity index (χ0) is 17.2. The molecule has 0 amide bonds. The van der Waals surface area contributed by atoms with E-state index in [4.69, 9.17) is 0 Å². The highest BCUT2D eigenvalue weighted by atomic mass is 32.1. The summed E-state index contributed by atoms with van der Waals surface area (Å²) in [5.74, 6) is 0. The van der Waals surface area contributed by atoms with Gasteiger partial charge in [0.05, 0.1) is 10.2 Å². The Bertz CT molecular complexity index is 858. The Hall–Kier alpha value is -1.63. The van der Waals surface area contributed by atoms with Crippen LogP contribution in [0.15, 0.2) is 54.6 Å². The van der Waals surface area contributed by atoms with Gasteiger partial charge in [-0.2, -0.15) is 0 Å². The van der Waals surface area contributed by atoms with Crippen LogP contribution in [0.2, 0.25) is 0 Å². The number of hydrogen-bond acceptors (Lipinski definition) is 4. The maximum Gasteiger partial charge on any atom is 0.199 e. The lowest BCUT2D eigenvalue weighted by molar-refractivity contribution is -0.120. The average Bonchev–Trinajstić information content (AvgIpc) is 2.99. The van der Waals surface area contributed by atoms with Crippen molar-refractivity contribution in [3.8, 4) is 0 Å². The second kappa shape index (κ2) is 7.09. The van der Waals surface area contributed by atoms with Gasteiger partial charge >= 0.3 is 0 Å². The third kappa shape index (κ3) is 3.41. The van der Waals surface area contributed by atoms with Gasteiger partial charge in [-0.05, 0) is 24.1 Å². The average molecular weight is 374 g/mol. The van der Waals surface area contributed by atoms with Gasteiger partial charge in [0.15, 0.2) is 10.2 Å². The molecule has 0 bridgehead atoms. The first-order valence-corrected chi connectivity index (χ1v) is 9.07. The van der Waals surface area contributed by atoms with Crippen molar-refractivity contribution in [2.45, 2.75) is 18.3 Å². The predicted molar refractivity (Wildman–Crippen MR) is 104 cm³/mol. The summed E-state index contributed by atoms with van der Waals surface area (Å²) >= 11 is 9.46. The summed E-state index contributed by atoms with van der Waals surface area (Å²) in [6.45, 7) is 0. The van der Waals surface area contributed by atoms with Gasteiger partial charge in [0.2, 0.25) is 0 Å².